The van der Waals surface area contributed by atoms with Crippen LogP contribution in [0, 0.1) is 5.92 Å². The van der Waals surface area contributed by atoms with E-state index >= 15 is 0 Å². The first-order valence-electron chi connectivity index (χ1n) is 7.33. The Labute approximate surface area is 131 Å². The monoisotopic (exact) mass is 306 g/mol. The van der Waals surface area contributed by atoms with Gasteiger partial charge in [-0.2, -0.15) is 0 Å². The standard InChI is InChI=1S/C16H22N2O2S/c1-18(10-12-6-2-3-7-12)15(19)11-20-14-9-5-4-8-13(14)16(17)21/h4-5,8-9,12H,2-3,6-7,10-11H2,1H3,(H2,17,21). The highest BCUT2D eigenvalue weighted by Gasteiger charge is 2.19. The normalized spacial score (nSPS) is 14.9. The summed E-state index contributed by atoms with van der Waals surface area (Å²) in [6.07, 6.45) is 5.01. The molecule has 0 radical (unpaired) electrons. The number of likely N-dealkylation sites (N-methyl/N-ethyl adjacent to an activating group) is 1. The average Bonchev–Trinajstić information content (AvgIpc) is 2.97. The zero-order valence-electron chi connectivity index (χ0n) is 12.4. The fourth-order valence-corrected chi connectivity index (χ4v) is 2.90. The lowest BCUT2D eigenvalue weighted by Crippen LogP contribution is -2.34. The van der Waals surface area contributed by atoms with Crippen LogP contribution in [0.25, 0.3) is 0 Å². The van der Waals surface area contributed by atoms with Gasteiger partial charge in [0.1, 0.15) is 10.7 Å². The molecule has 0 saturated heterocycles. The van der Waals surface area contributed by atoms with Gasteiger partial charge in [-0.25, -0.2) is 0 Å². The van der Waals surface area contributed by atoms with Crippen molar-refractivity contribution in [1.29, 1.82) is 0 Å². The van der Waals surface area contributed by atoms with Gasteiger partial charge in [0, 0.05) is 13.6 Å². The maximum Gasteiger partial charge on any atom is 0.260 e. The molecule has 1 aliphatic rings. The number of nitrogens with zero attached hydrogens (tertiary/aromatic N) is 1. The number of nitrogens with two attached hydrogens (primary N) is 1. The van der Waals surface area contributed by atoms with Crippen molar-refractivity contribution in [2.24, 2.45) is 11.7 Å². The van der Waals surface area contributed by atoms with Crippen molar-refractivity contribution < 1.29 is 9.53 Å². The SMILES string of the molecule is CN(CC1CCCC1)C(=O)COc1ccccc1C(N)=S. The van der Waals surface area contributed by atoms with Crippen molar-refractivity contribution in [3.8, 4) is 5.75 Å². The van der Waals surface area contributed by atoms with Crippen LogP contribution in [0.4, 0.5) is 0 Å². The summed E-state index contributed by atoms with van der Waals surface area (Å²) in [7, 11) is 1.84. The quantitative estimate of drug-likeness (QED) is 0.820. The minimum atomic E-state index is -0.0142. The maximum atomic E-state index is 12.1. The van der Waals surface area contributed by atoms with Gasteiger partial charge < -0.3 is 15.4 Å². The molecule has 0 aromatic heterocycles. The van der Waals surface area contributed by atoms with Gasteiger partial charge in [-0.3, -0.25) is 4.79 Å². The van der Waals surface area contributed by atoms with E-state index in [2.05, 4.69) is 0 Å². The molecule has 114 valence electrons. The van der Waals surface area contributed by atoms with Crippen molar-refractivity contribution in [2.75, 3.05) is 20.2 Å². The van der Waals surface area contributed by atoms with Crippen molar-refractivity contribution in [2.45, 2.75) is 25.7 Å². The van der Waals surface area contributed by atoms with E-state index in [-0.39, 0.29) is 17.5 Å². The maximum absolute atomic E-state index is 12.1. The Morgan fingerprint density at radius 2 is 2.05 bits per heavy atom. The Balaban J connectivity index is 1.87. The number of para-hydroxylation sites is 1. The minimum Gasteiger partial charge on any atom is -0.483 e. The highest BCUT2D eigenvalue weighted by atomic mass is 32.1. The Bertz CT molecular complexity index is 513. The molecule has 5 heteroatoms. The van der Waals surface area contributed by atoms with Gasteiger partial charge in [-0.15, -0.1) is 0 Å². The second-order valence-corrected chi connectivity index (χ2v) is 6.01. The molecule has 1 amide bonds. The van der Waals surface area contributed by atoms with Crippen molar-refractivity contribution >= 4 is 23.1 Å². The van der Waals surface area contributed by atoms with Crippen LogP contribution in [0.1, 0.15) is 31.2 Å². The van der Waals surface area contributed by atoms with Gasteiger partial charge in [-0.05, 0) is 30.9 Å². The third-order valence-electron chi connectivity index (χ3n) is 3.94. The zero-order chi connectivity index (χ0) is 15.2. The van der Waals surface area contributed by atoms with Crippen LogP contribution < -0.4 is 10.5 Å². The molecule has 1 aromatic carbocycles. The van der Waals surface area contributed by atoms with Gasteiger partial charge in [-0.1, -0.05) is 37.2 Å². The summed E-state index contributed by atoms with van der Waals surface area (Å²) in [5, 5.41) is 0. The summed E-state index contributed by atoms with van der Waals surface area (Å²) < 4.78 is 5.59. The number of carbonyl (C=O) groups is 1. The lowest BCUT2D eigenvalue weighted by atomic mass is 10.1. The molecule has 1 saturated carbocycles. The molecule has 0 unspecified atom stereocenters. The highest BCUT2D eigenvalue weighted by Crippen LogP contribution is 2.25. The number of carbonyl (C=O) groups excluding carboxylic acids is 1. The molecule has 0 aliphatic heterocycles. The molecule has 1 aliphatic carbocycles. The fraction of sp³-hybridized carbons (Fsp3) is 0.500. The Morgan fingerprint density at radius 1 is 1.38 bits per heavy atom. The zero-order valence-corrected chi connectivity index (χ0v) is 13.2. The highest BCUT2D eigenvalue weighted by molar-refractivity contribution is 7.80. The molecule has 2 rings (SSSR count). The number of hydrogen-bond donors (Lipinski definition) is 1. The molecule has 0 heterocycles. The van der Waals surface area contributed by atoms with E-state index < -0.39 is 0 Å². The second-order valence-electron chi connectivity index (χ2n) is 5.57. The van der Waals surface area contributed by atoms with E-state index in [1.54, 1.807) is 17.0 Å². The van der Waals surface area contributed by atoms with E-state index in [1.807, 2.05) is 19.2 Å². The fourth-order valence-electron chi connectivity index (χ4n) is 2.73. The van der Waals surface area contributed by atoms with Crippen LogP contribution in [-0.4, -0.2) is 36.0 Å². The van der Waals surface area contributed by atoms with E-state index in [4.69, 9.17) is 22.7 Å². The molecule has 0 atom stereocenters. The average molecular weight is 306 g/mol. The first-order chi connectivity index (χ1) is 10.1. The van der Waals surface area contributed by atoms with Crippen molar-refractivity contribution in [3.05, 3.63) is 29.8 Å². The predicted octanol–water partition coefficient (Wildman–Crippen LogP) is 2.35. The summed E-state index contributed by atoms with van der Waals surface area (Å²) in [6, 6.07) is 7.25. The molecule has 1 aromatic rings. The van der Waals surface area contributed by atoms with E-state index in [0.717, 1.165) is 6.54 Å². The molecular weight excluding hydrogens is 284 g/mol. The van der Waals surface area contributed by atoms with Crippen LogP contribution in [0.2, 0.25) is 0 Å². The third kappa shape index (κ3) is 4.43. The smallest absolute Gasteiger partial charge is 0.260 e. The number of hydrogen-bond acceptors (Lipinski definition) is 3. The largest absolute Gasteiger partial charge is 0.483 e. The number of benzene rings is 1. The molecule has 2 N–H and O–H groups in total. The lowest BCUT2D eigenvalue weighted by molar-refractivity contribution is -0.132. The summed E-state index contributed by atoms with van der Waals surface area (Å²) in [5.41, 5.74) is 6.31. The first kappa shape index (κ1) is 15.8. The lowest BCUT2D eigenvalue weighted by Gasteiger charge is -2.21. The number of amides is 1. The molecule has 1 fully saturated rings. The topological polar surface area (TPSA) is 55.6 Å². The first-order valence-corrected chi connectivity index (χ1v) is 7.74. The van der Waals surface area contributed by atoms with E-state index in [1.165, 1.54) is 25.7 Å². The van der Waals surface area contributed by atoms with Crippen LogP contribution in [0.3, 0.4) is 0 Å². The van der Waals surface area contributed by atoms with Crippen LogP contribution in [0.15, 0.2) is 24.3 Å². The minimum absolute atomic E-state index is 0.0142. The Morgan fingerprint density at radius 3 is 2.71 bits per heavy atom. The van der Waals surface area contributed by atoms with Crippen molar-refractivity contribution in [3.63, 3.8) is 0 Å². The predicted molar refractivity (Wildman–Crippen MR) is 87.4 cm³/mol. The summed E-state index contributed by atoms with van der Waals surface area (Å²) in [6.45, 7) is 0.835. The van der Waals surface area contributed by atoms with E-state index in [0.29, 0.717) is 17.2 Å². The van der Waals surface area contributed by atoms with E-state index in [9.17, 15) is 4.79 Å². The third-order valence-corrected chi connectivity index (χ3v) is 4.16. The second kappa shape index (κ2) is 7.41. The van der Waals surface area contributed by atoms with Crippen LogP contribution >= 0.6 is 12.2 Å². The van der Waals surface area contributed by atoms with Gasteiger partial charge in [0.25, 0.3) is 5.91 Å². The number of ether oxygens (including phenoxy) is 1. The summed E-state index contributed by atoms with van der Waals surface area (Å²) in [4.78, 5) is 14.2. The molecular formula is C16H22N2O2S. The van der Waals surface area contributed by atoms with Gasteiger partial charge >= 0.3 is 0 Å². The number of rotatable bonds is 6. The summed E-state index contributed by atoms with van der Waals surface area (Å²) in [5.74, 6) is 1.19. The van der Waals surface area contributed by atoms with Crippen LogP contribution in [0.5, 0.6) is 5.75 Å². The molecule has 0 spiro atoms. The summed E-state index contributed by atoms with van der Waals surface area (Å²) >= 11 is 4.98. The molecule has 4 nitrogen and oxygen atoms in total. The van der Waals surface area contributed by atoms with Crippen LogP contribution in [-0.2, 0) is 4.79 Å². The van der Waals surface area contributed by atoms with Gasteiger partial charge in [0.05, 0.1) is 5.56 Å². The number of thiocarbonyl (C=S) groups is 1. The van der Waals surface area contributed by atoms with Gasteiger partial charge in [0.2, 0.25) is 0 Å². The molecule has 0 bridgehead atoms. The Hall–Kier alpha value is -1.62. The Kier molecular flexibility index (Phi) is 5.56. The molecule has 21 heavy (non-hydrogen) atoms. The van der Waals surface area contributed by atoms with Gasteiger partial charge in [0.15, 0.2) is 6.61 Å². The van der Waals surface area contributed by atoms with Crippen molar-refractivity contribution in [1.82, 2.24) is 4.90 Å².